The molecule has 1 heterocycles. The predicted molar refractivity (Wildman–Crippen MR) is 126 cm³/mol. The van der Waals surface area contributed by atoms with E-state index in [1.54, 1.807) is 18.2 Å². The SMILES string of the molecule is CC1=CC(C)(C)N(C)c2cc(C)c(/C=C(\C#N)C(=O)Nc3cc(Cl)ccc3C)cc21. The molecule has 1 aliphatic heterocycles. The van der Waals surface area contributed by atoms with Crippen LogP contribution in [-0.2, 0) is 4.79 Å². The second-order valence-electron chi connectivity index (χ2n) is 8.35. The van der Waals surface area contributed by atoms with Crippen molar-refractivity contribution in [3.05, 3.63) is 69.3 Å². The van der Waals surface area contributed by atoms with Crippen molar-refractivity contribution in [2.45, 2.75) is 40.2 Å². The van der Waals surface area contributed by atoms with E-state index in [0.29, 0.717) is 10.7 Å². The number of hydrogen-bond acceptors (Lipinski definition) is 3. The molecule has 2 aromatic rings. The van der Waals surface area contributed by atoms with Crippen molar-refractivity contribution < 1.29 is 4.79 Å². The molecule has 3 rings (SSSR count). The Hall–Kier alpha value is -3.03. The van der Waals surface area contributed by atoms with Crippen LogP contribution in [0.15, 0.2) is 42.0 Å². The van der Waals surface area contributed by atoms with Gasteiger partial charge in [0.1, 0.15) is 11.6 Å². The number of halogens is 1. The van der Waals surface area contributed by atoms with E-state index in [2.05, 4.69) is 56.2 Å². The maximum Gasteiger partial charge on any atom is 0.266 e. The molecule has 0 atom stereocenters. The summed E-state index contributed by atoms with van der Waals surface area (Å²) in [5.41, 5.74) is 6.73. The van der Waals surface area contributed by atoms with E-state index in [1.165, 1.54) is 5.57 Å². The van der Waals surface area contributed by atoms with Gasteiger partial charge in [-0.2, -0.15) is 5.26 Å². The normalized spacial score (nSPS) is 15.2. The number of carbonyl (C=O) groups excluding carboxylic acids is 1. The highest BCUT2D eigenvalue weighted by atomic mass is 35.5. The van der Waals surface area contributed by atoms with E-state index in [9.17, 15) is 10.1 Å². The number of hydrogen-bond donors (Lipinski definition) is 1. The molecule has 30 heavy (non-hydrogen) atoms. The van der Waals surface area contributed by atoms with Crippen LogP contribution in [0.4, 0.5) is 11.4 Å². The van der Waals surface area contributed by atoms with E-state index < -0.39 is 5.91 Å². The molecule has 0 spiro atoms. The van der Waals surface area contributed by atoms with Crippen molar-refractivity contribution in [2.75, 3.05) is 17.3 Å². The van der Waals surface area contributed by atoms with Crippen LogP contribution in [0.1, 0.15) is 43.0 Å². The van der Waals surface area contributed by atoms with Crippen molar-refractivity contribution in [3.63, 3.8) is 0 Å². The number of likely N-dealkylation sites (N-methyl/N-ethyl adjacent to an activating group) is 1. The lowest BCUT2D eigenvalue weighted by Crippen LogP contribution is -2.42. The van der Waals surface area contributed by atoms with Gasteiger partial charge in [0, 0.05) is 29.0 Å². The molecule has 0 bridgehead atoms. The maximum absolute atomic E-state index is 12.7. The minimum atomic E-state index is -0.453. The first-order valence-corrected chi connectivity index (χ1v) is 10.2. The molecule has 1 N–H and O–H groups in total. The van der Waals surface area contributed by atoms with Crippen LogP contribution >= 0.6 is 11.6 Å². The van der Waals surface area contributed by atoms with Crippen LogP contribution in [0.3, 0.4) is 0 Å². The molecule has 0 saturated carbocycles. The molecule has 154 valence electrons. The Morgan fingerprint density at radius 2 is 1.87 bits per heavy atom. The first-order valence-electron chi connectivity index (χ1n) is 9.81. The van der Waals surface area contributed by atoms with Crippen molar-refractivity contribution in [3.8, 4) is 6.07 Å². The van der Waals surface area contributed by atoms with Crippen molar-refractivity contribution in [1.82, 2.24) is 0 Å². The summed E-state index contributed by atoms with van der Waals surface area (Å²) in [7, 11) is 2.08. The van der Waals surface area contributed by atoms with Gasteiger partial charge < -0.3 is 10.2 Å². The average molecular weight is 420 g/mol. The summed E-state index contributed by atoms with van der Waals surface area (Å²) >= 11 is 6.04. The minimum Gasteiger partial charge on any atom is -0.365 e. The summed E-state index contributed by atoms with van der Waals surface area (Å²) in [6, 6.07) is 11.5. The molecule has 0 radical (unpaired) electrons. The first kappa shape index (κ1) is 21.7. The first-order chi connectivity index (χ1) is 14.0. The Morgan fingerprint density at radius 1 is 1.17 bits per heavy atom. The topological polar surface area (TPSA) is 56.1 Å². The highest BCUT2D eigenvalue weighted by Gasteiger charge is 2.29. The summed E-state index contributed by atoms with van der Waals surface area (Å²) in [4.78, 5) is 15.0. The van der Waals surface area contributed by atoms with Crippen LogP contribution in [-0.4, -0.2) is 18.5 Å². The minimum absolute atomic E-state index is 0.0450. The summed E-state index contributed by atoms with van der Waals surface area (Å²) in [5, 5.41) is 12.9. The van der Waals surface area contributed by atoms with Crippen LogP contribution in [0.5, 0.6) is 0 Å². The summed E-state index contributed by atoms with van der Waals surface area (Å²) < 4.78 is 0. The number of allylic oxidation sites excluding steroid dienone is 1. The quantitative estimate of drug-likeness (QED) is 0.480. The highest BCUT2D eigenvalue weighted by Crippen LogP contribution is 2.39. The van der Waals surface area contributed by atoms with Crippen LogP contribution < -0.4 is 10.2 Å². The summed E-state index contributed by atoms with van der Waals surface area (Å²) in [6.45, 7) is 10.3. The lowest BCUT2D eigenvalue weighted by Gasteiger charge is -2.41. The van der Waals surface area contributed by atoms with Gasteiger partial charge in [-0.1, -0.05) is 23.7 Å². The van der Waals surface area contributed by atoms with E-state index in [-0.39, 0.29) is 11.1 Å². The highest BCUT2D eigenvalue weighted by molar-refractivity contribution is 6.31. The molecular formula is C25H26ClN3O. The number of anilines is 2. The Bertz CT molecular complexity index is 1140. The zero-order valence-corrected chi connectivity index (χ0v) is 19.0. The van der Waals surface area contributed by atoms with Gasteiger partial charge in [-0.05, 0) is 87.2 Å². The Labute approximate surface area is 183 Å². The molecule has 0 aromatic heterocycles. The molecule has 0 saturated heterocycles. The van der Waals surface area contributed by atoms with Gasteiger partial charge in [-0.15, -0.1) is 0 Å². The monoisotopic (exact) mass is 419 g/mol. The molecule has 5 heteroatoms. The maximum atomic E-state index is 12.7. The second-order valence-corrected chi connectivity index (χ2v) is 8.79. The number of fused-ring (bicyclic) bond motifs is 1. The third-order valence-electron chi connectivity index (χ3n) is 5.72. The lowest BCUT2D eigenvalue weighted by molar-refractivity contribution is -0.112. The van der Waals surface area contributed by atoms with Crippen molar-refractivity contribution in [1.29, 1.82) is 5.26 Å². The molecule has 4 nitrogen and oxygen atoms in total. The van der Waals surface area contributed by atoms with Gasteiger partial charge >= 0.3 is 0 Å². The fourth-order valence-corrected chi connectivity index (χ4v) is 3.87. The Kier molecular flexibility index (Phi) is 5.78. The average Bonchev–Trinajstić information content (AvgIpc) is 2.67. The fraction of sp³-hybridized carbons (Fsp3) is 0.280. The Morgan fingerprint density at radius 3 is 2.53 bits per heavy atom. The zero-order chi connectivity index (χ0) is 22.2. The smallest absolute Gasteiger partial charge is 0.266 e. The van der Waals surface area contributed by atoms with Gasteiger partial charge in [0.2, 0.25) is 0 Å². The second kappa shape index (κ2) is 8.01. The van der Waals surface area contributed by atoms with E-state index in [4.69, 9.17) is 11.6 Å². The van der Waals surface area contributed by atoms with E-state index in [0.717, 1.165) is 27.9 Å². The van der Waals surface area contributed by atoms with Crippen LogP contribution in [0.2, 0.25) is 5.02 Å². The molecule has 0 unspecified atom stereocenters. The molecular weight excluding hydrogens is 394 g/mol. The number of nitrogens with one attached hydrogen (secondary N) is 1. The number of benzene rings is 2. The van der Waals surface area contributed by atoms with Gasteiger partial charge in [-0.3, -0.25) is 4.79 Å². The van der Waals surface area contributed by atoms with E-state index >= 15 is 0 Å². The standard InChI is InChI=1S/C25H26ClN3O/c1-15-7-8-20(26)12-22(15)28-24(30)19(14-27)10-18-11-21-17(3)13-25(4,5)29(6)23(21)9-16(18)2/h7-13H,1-6H3,(H,28,30)/b19-10+. The van der Waals surface area contributed by atoms with Crippen LogP contribution in [0, 0.1) is 25.2 Å². The third-order valence-corrected chi connectivity index (χ3v) is 5.95. The lowest BCUT2D eigenvalue weighted by atomic mass is 9.87. The largest absolute Gasteiger partial charge is 0.365 e. The molecule has 0 aliphatic carbocycles. The van der Waals surface area contributed by atoms with Gasteiger partial charge in [-0.25, -0.2) is 0 Å². The van der Waals surface area contributed by atoms with Crippen LogP contribution in [0.25, 0.3) is 11.6 Å². The molecule has 1 amide bonds. The zero-order valence-electron chi connectivity index (χ0n) is 18.2. The number of aryl methyl sites for hydroxylation is 2. The predicted octanol–water partition coefficient (Wildman–Crippen LogP) is 6.13. The number of amides is 1. The summed E-state index contributed by atoms with van der Waals surface area (Å²) in [5.74, 6) is -0.453. The third kappa shape index (κ3) is 4.13. The molecule has 1 aliphatic rings. The molecule has 2 aromatic carbocycles. The van der Waals surface area contributed by atoms with Gasteiger partial charge in [0.25, 0.3) is 5.91 Å². The number of rotatable bonds is 3. The van der Waals surface area contributed by atoms with Crippen molar-refractivity contribution in [2.24, 2.45) is 0 Å². The van der Waals surface area contributed by atoms with Gasteiger partial charge in [0.05, 0.1) is 5.54 Å². The Balaban J connectivity index is 1.99. The number of nitriles is 1. The fourth-order valence-electron chi connectivity index (χ4n) is 3.70. The van der Waals surface area contributed by atoms with Crippen molar-refractivity contribution >= 4 is 40.5 Å². The summed E-state index contributed by atoms with van der Waals surface area (Å²) in [6.07, 6.45) is 3.88. The van der Waals surface area contributed by atoms with Gasteiger partial charge in [0.15, 0.2) is 0 Å². The van der Waals surface area contributed by atoms with E-state index in [1.807, 2.05) is 26.0 Å². The number of nitrogens with zero attached hydrogens (tertiary/aromatic N) is 2. The number of carbonyl (C=O) groups is 1. The molecule has 0 fully saturated rings.